The summed E-state index contributed by atoms with van der Waals surface area (Å²) >= 11 is 0. The number of hydrogen-bond acceptors (Lipinski definition) is 7. The highest BCUT2D eigenvalue weighted by atomic mass is 16.5. The Hall–Kier alpha value is -3.13. The quantitative estimate of drug-likeness (QED) is 0.662. The van der Waals surface area contributed by atoms with E-state index in [1.165, 1.54) is 7.11 Å². The first-order valence-electron chi connectivity index (χ1n) is 10.2. The topological polar surface area (TPSA) is 89.2 Å². The average Bonchev–Trinajstić information content (AvgIpc) is 3.40. The van der Waals surface area contributed by atoms with E-state index in [0.717, 1.165) is 31.0 Å². The molecule has 0 unspecified atom stereocenters. The van der Waals surface area contributed by atoms with Gasteiger partial charge in [-0.3, -0.25) is 0 Å². The number of ether oxygens (including phenoxy) is 2. The van der Waals surface area contributed by atoms with Crippen LogP contribution in [-0.2, 0) is 4.74 Å². The van der Waals surface area contributed by atoms with Gasteiger partial charge in [-0.2, -0.15) is 0 Å². The lowest BCUT2D eigenvalue weighted by Gasteiger charge is -2.35. The molecule has 2 fully saturated rings. The van der Waals surface area contributed by atoms with Crippen molar-refractivity contribution in [2.75, 3.05) is 25.1 Å². The number of anilines is 1. The zero-order valence-electron chi connectivity index (χ0n) is 16.7. The number of nitrogens with zero attached hydrogens (tertiary/aromatic N) is 4. The Labute approximate surface area is 174 Å². The molecule has 0 bridgehead atoms. The zero-order chi connectivity index (χ0) is 20.7. The molecule has 1 saturated heterocycles. The molecule has 0 radical (unpaired) electrons. The SMILES string of the molecule is COC(=O)c1ccc(O[C@@H]2C[C@@H]3CN(c4ccc5nccn5n4)C[C@@H]3C[C@H]2O)cc1. The van der Waals surface area contributed by atoms with Crippen LogP contribution in [0.5, 0.6) is 5.75 Å². The number of imidazole rings is 1. The first-order valence-corrected chi connectivity index (χ1v) is 10.2. The van der Waals surface area contributed by atoms with E-state index < -0.39 is 6.10 Å². The molecule has 0 spiro atoms. The lowest BCUT2D eigenvalue weighted by molar-refractivity contribution is -0.0231. The third-order valence-electron chi connectivity index (χ3n) is 6.21. The maximum atomic E-state index is 11.6. The van der Waals surface area contributed by atoms with Crippen molar-refractivity contribution in [1.29, 1.82) is 0 Å². The van der Waals surface area contributed by atoms with Crippen molar-refractivity contribution in [3.63, 3.8) is 0 Å². The number of fused-ring (bicyclic) bond motifs is 2. The van der Waals surface area contributed by atoms with E-state index in [2.05, 4.69) is 15.0 Å². The number of aliphatic hydroxyl groups excluding tert-OH is 1. The molecule has 3 heterocycles. The molecule has 30 heavy (non-hydrogen) atoms. The second-order valence-electron chi connectivity index (χ2n) is 8.06. The Morgan fingerprint density at radius 2 is 1.87 bits per heavy atom. The van der Waals surface area contributed by atoms with Gasteiger partial charge in [-0.1, -0.05) is 0 Å². The Morgan fingerprint density at radius 1 is 1.10 bits per heavy atom. The summed E-state index contributed by atoms with van der Waals surface area (Å²) in [5.41, 5.74) is 1.31. The van der Waals surface area contributed by atoms with Crippen LogP contribution in [0.4, 0.5) is 5.82 Å². The molecule has 8 nitrogen and oxygen atoms in total. The second-order valence-corrected chi connectivity index (χ2v) is 8.06. The van der Waals surface area contributed by atoms with Crippen LogP contribution in [0, 0.1) is 11.8 Å². The van der Waals surface area contributed by atoms with Crippen molar-refractivity contribution < 1.29 is 19.4 Å². The van der Waals surface area contributed by atoms with Gasteiger partial charge in [-0.25, -0.2) is 14.3 Å². The third-order valence-corrected chi connectivity index (χ3v) is 6.21. The fourth-order valence-corrected chi connectivity index (χ4v) is 4.64. The average molecular weight is 408 g/mol. The van der Waals surface area contributed by atoms with Crippen molar-refractivity contribution in [3.8, 4) is 5.75 Å². The second kappa shape index (κ2) is 7.60. The smallest absolute Gasteiger partial charge is 0.337 e. The first-order chi connectivity index (χ1) is 14.6. The summed E-state index contributed by atoms with van der Waals surface area (Å²) in [5.74, 6) is 2.05. The van der Waals surface area contributed by atoms with Crippen molar-refractivity contribution in [1.82, 2.24) is 14.6 Å². The van der Waals surface area contributed by atoms with E-state index in [1.54, 1.807) is 35.0 Å². The van der Waals surface area contributed by atoms with Crippen molar-refractivity contribution in [3.05, 3.63) is 54.4 Å². The van der Waals surface area contributed by atoms with Gasteiger partial charge in [-0.05, 0) is 61.1 Å². The van der Waals surface area contributed by atoms with Gasteiger partial charge in [0.25, 0.3) is 0 Å². The molecule has 3 aromatic rings. The molecule has 1 aromatic carbocycles. The summed E-state index contributed by atoms with van der Waals surface area (Å²) in [4.78, 5) is 18.1. The lowest BCUT2D eigenvalue weighted by Crippen LogP contribution is -2.42. The van der Waals surface area contributed by atoms with Crippen molar-refractivity contribution in [2.24, 2.45) is 11.8 Å². The van der Waals surface area contributed by atoms with Crippen LogP contribution in [-0.4, -0.2) is 58.1 Å². The zero-order valence-corrected chi connectivity index (χ0v) is 16.7. The Morgan fingerprint density at radius 3 is 2.63 bits per heavy atom. The molecule has 5 rings (SSSR count). The van der Waals surface area contributed by atoms with Gasteiger partial charge in [0.1, 0.15) is 17.7 Å². The molecule has 2 aromatic heterocycles. The molecule has 1 aliphatic heterocycles. The molecule has 1 N–H and O–H groups in total. The molecule has 156 valence electrons. The number of carbonyl (C=O) groups excluding carboxylic acids is 1. The number of benzene rings is 1. The Kier molecular flexibility index (Phi) is 4.78. The van der Waals surface area contributed by atoms with Crippen molar-refractivity contribution >= 4 is 17.4 Å². The predicted octanol–water partition coefficient (Wildman–Crippen LogP) is 2.17. The van der Waals surface area contributed by atoms with Crippen LogP contribution < -0.4 is 9.64 Å². The van der Waals surface area contributed by atoms with Crippen LogP contribution in [0.2, 0.25) is 0 Å². The molecular weight excluding hydrogens is 384 g/mol. The number of methoxy groups -OCH3 is 1. The largest absolute Gasteiger partial charge is 0.488 e. The molecule has 1 aliphatic carbocycles. The normalized spacial score (nSPS) is 25.9. The third kappa shape index (κ3) is 3.47. The van der Waals surface area contributed by atoms with Gasteiger partial charge >= 0.3 is 5.97 Å². The minimum Gasteiger partial charge on any atom is -0.488 e. The minimum absolute atomic E-state index is 0.265. The fraction of sp³-hybridized carbons (Fsp3) is 0.409. The monoisotopic (exact) mass is 408 g/mol. The van der Waals surface area contributed by atoms with Crippen LogP contribution in [0.3, 0.4) is 0 Å². The number of rotatable bonds is 4. The molecule has 8 heteroatoms. The van der Waals surface area contributed by atoms with E-state index in [1.807, 2.05) is 18.3 Å². The van der Waals surface area contributed by atoms with Crippen molar-refractivity contribution in [2.45, 2.75) is 25.0 Å². The summed E-state index contributed by atoms with van der Waals surface area (Å²) in [6, 6.07) is 10.8. The molecular formula is C22H24N4O4. The van der Waals surface area contributed by atoms with E-state index in [9.17, 15) is 9.90 Å². The number of hydrogen-bond donors (Lipinski definition) is 1. The summed E-state index contributed by atoms with van der Waals surface area (Å²) in [6.07, 6.45) is 4.30. The molecule has 1 saturated carbocycles. The standard InChI is InChI=1S/C22H24N4O4/c1-29-22(28)14-2-4-17(5-3-14)30-19-11-16-13-25(12-15(16)10-18(19)27)21-7-6-20-23-8-9-26(20)24-21/h2-9,15-16,18-19,27H,10-13H2,1H3/t15-,16+,18+,19+/m0/s1. The minimum atomic E-state index is -0.518. The van der Waals surface area contributed by atoms with Gasteiger partial charge in [-0.15, -0.1) is 5.10 Å². The van der Waals surface area contributed by atoms with E-state index in [0.29, 0.717) is 29.6 Å². The van der Waals surface area contributed by atoms with E-state index in [-0.39, 0.29) is 12.1 Å². The van der Waals surface area contributed by atoms with Gasteiger partial charge in [0.05, 0.1) is 18.8 Å². The van der Waals surface area contributed by atoms with Gasteiger partial charge < -0.3 is 19.5 Å². The van der Waals surface area contributed by atoms with Crippen LogP contribution >= 0.6 is 0 Å². The maximum Gasteiger partial charge on any atom is 0.337 e. The first kappa shape index (κ1) is 18.9. The number of carbonyl (C=O) groups is 1. The lowest BCUT2D eigenvalue weighted by atomic mass is 9.78. The highest BCUT2D eigenvalue weighted by Gasteiger charge is 2.43. The van der Waals surface area contributed by atoms with Gasteiger partial charge in [0, 0.05) is 25.5 Å². The molecule has 0 amide bonds. The van der Waals surface area contributed by atoms with Crippen LogP contribution in [0.1, 0.15) is 23.2 Å². The van der Waals surface area contributed by atoms with Crippen LogP contribution in [0.15, 0.2) is 48.8 Å². The van der Waals surface area contributed by atoms with E-state index in [4.69, 9.17) is 9.47 Å². The summed E-state index contributed by atoms with van der Waals surface area (Å²) in [7, 11) is 1.36. The number of esters is 1. The maximum absolute atomic E-state index is 11.6. The summed E-state index contributed by atoms with van der Waals surface area (Å²) < 4.78 is 12.6. The van der Waals surface area contributed by atoms with Gasteiger partial charge in [0.2, 0.25) is 0 Å². The predicted molar refractivity (Wildman–Crippen MR) is 110 cm³/mol. The highest BCUT2D eigenvalue weighted by molar-refractivity contribution is 5.89. The fourth-order valence-electron chi connectivity index (χ4n) is 4.64. The summed E-state index contributed by atoms with van der Waals surface area (Å²) in [6.45, 7) is 1.78. The molecule has 4 atom stereocenters. The highest BCUT2D eigenvalue weighted by Crippen LogP contribution is 2.39. The number of aromatic nitrogens is 3. The Balaban J connectivity index is 1.26. The summed E-state index contributed by atoms with van der Waals surface area (Å²) in [5, 5.41) is 15.3. The van der Waals surface area contributed by atoms with Gasteiger partial charge in [0.15, 0.2) is 5.65 Å². The molecule has 2 aliphatic rings. The number of aliphatic hydroxyl groups is 1. The van der Waals surface area contributed by atoms with E-state index >= 15 is 0 Å². The van der Waals surface area contributed by atoms with Crippen LogP contribution in [0.25, 0.3) is 5.65 Å². The Bertz CT molecular complexity index is 1050.